The van der Waals surface area contributed by atoms with Gasteiger partial charge in [0.05, 0.1) is 33.5 Å². The molecule has 3 rings (SSSR count). The molecule has 1 aromatic heterocycles. The Hall–Kier alpha value is -3.27. The zero-order valence-electron chi connectivity index (χ0n) is 19.0. The summed E-state index contributed by atoms with van der Waals surface area (Å²) in [6.07, 6.45) is 0.612. The molecule has 0 saturated heterocycles. The number of hydrogen-bond donors (Lipinski definition) is 3. The molecular weight excluding hydrogens is 420 g/mol. The molecule has 176 valence electrons. The summed E-state index contributed by atoms with van der Waals surface area (Å²) in [4.78, 5) is 13.7. The minimum Gasteiger partial charge on any atom is -0.497 e. The summed E-state index contributed by atoms with van der Waals surface area (Å²) in [7, 11) is 1.66. The molecule has 4 N–H and O–H groups in total. The van der Waals surface area contributed by atoms with Gasteiger partial charge in [0.15, 0.2) is 0 Å². The van der Waals surface area contributed by atoms with E-state index < -0.39 is 0 Å². The van der Waals surface area contributed by atoms with Crippen LogP contribution in [0.15, 0.2) is 54.6 Å². The molecule has 2 aromatic carbocycles. The molecular formula is C24H32N6O3. The molecule has 0 saturated carbocycles. The van der Waals surface area contributed by atoms with Gasteiger partial charge in [-0.2, -0.15) is 15.0 Å². The van der Waals surface area contributed by atoms with E-state index in [4.69, 9.17) is 19.9 Å². The number of methoxy groups -OCH3 is 1. The Bertz CT molecular complexity index is 958. The van der Waals surface area contributed by atoms with Crippen LogP contribution in [0.3, 0.4) is 0 Å². The fourth-order valence-corrected chi connectivity index (χ4v) is 3.04. The van der Waals surface area contributed by atoms with Gasteiger partial charge < -0.3 is 30.6 Å². The van der Waals surface area contributed by atoms with Crippen molar-refractivity contribution in [3.8, 4) is 5.75 Å². The number of ether oxygens (including phenoxy) is 3. The van der Waals surface area contributed by atoms with Gasteiger partial charge in [-0.1, -0.05) is 42.5 Å². The molecule has 9 heteroatoms. The lowest BCUT2D eigenvalue weighted by Crippen LogP contribution is -2.17. The van der Waals surface area contributed by atoms with E-state index in [0.717, 1.165) is 16.9 Å². The second-order valence-electron chi connectivity index (χ2n) is 7.21. The summed E-state index contributed by atoms with van der Waals surface area (Å²) in [5.41, 5.74) is 7.59. The number of aromatic nitrogens is 3. The Morgan fingerprint density at radius 3 is 2.27 bits per heavy atom. The predicted molar refractivity (Wildman–Crippen MR) is 129 cm³/mol. The van der Waals surface area contributed by atoms with E-state index in [1.54, 1.807) is 7.11 Å². The first-order chi connectivity index (χ1) is 16.3. The number of hydrogen-bond acceptors (Lipinski definition) is 9. The number of nitrogens with zero attached hydrogens (tertiary/aromatic N) is 3. The maximum atomic E-state index is 5.56. The number of benzene rings is 2. The Morgan fingerprint density at radius 1 is 0.788 bits per heavy atom. The highest BCUT2D eigenvalue weighted by molar-refractivity contribution is 5.37. The first-order valence-electron chi connectivity index (χ1n) is 11.0. The SMILES string of the molecule is COc1cccc(CNc2nc(Cc3ccccc3)nc(NCCOCCOCCN)n2)c1. The van der Waals surface area contributed by atoms with Crippen molar-refractivity contribution in [3.63, 3.8) is 0 Å². The summed E-state index contributed by atoms with van der Waals surface area (Å²) in [5.74, 6) is 2.51. The fraction of sp³-hybridized carbons (Fsp3) is 0.375. The maximum absolute atomic E-state index is 5.56. The van der Waals surface area contributed by atoms with Crippen molar-refractivity contribution in [2.75, 3.05) is 57.3 Å². The lowest BCUT2D eigenvalue weighted by atomic mass is 10.1. The van der Waals surface area contributed by atoms with Crippen LogP contribution in [-0.2, 0) is 22.4 Å². The van der Waals surface area contributed by atoms with Crippen LogP contribution in [0.25, 0.3) is 0 Å². The average molecular weight is 453 g/mol. The highest BCUT2D eigenvalue weighted by atomic mass is 16.5. The first kappa shape index (κ1) is 24.4. The standard InChI is InChI=1S/C24H32N6O3/c1-31-21-9-5-8-20(16-21)18-27-24-29-22(17-19-6-3-2-4-7-19)28-23(30-24)26-11-13-33-15-14-32-12-10-25/h2-9,16H,10-15,17-18,25H2,1H3,(H2,26,27,28,29,30). The van der Waals surface area contributed by atoms with Crippen molar-refractivity contribution in [2.24, 2.45) is 5.73 Å². The van der Waals surface area contributed by atoms with Gasteiger partial charge in [0, 0.05) is 26.1 Å². The van der Waals surface area contributed by atoms with Crippen LogP contribution in [0.1, 0.15) is 17.0 Å². The summed E-state index contributed by atoms with van der Waals surface area (Å²) < 4.78 is 16.2. The lowest BCUT2D eigenvalue weighted by Gasteiger charge is -2.11. The highest BCUT2D eigenvalue weighted by Crippen LogP contribution is 2.15. The second kappa shape index (κ2) is 14.0. The Labute approximate surface area is 194 Å². The third kappa shape index (κ3) is 9.01. The van der Waals surface area contributed by atoms with Crippen molar-refractivity contribution in [3.05, 3.63) is 71.5 Å². The van der Waals surface area contributed by atoms with Gasteiger partial charge >= 0.3 is 0 Å². The molecule has 3 aromatic rings. The molecule has 0 aliphatic rings. The molecule has 0 fully saturated rings. The summed E-state index contributed by atoms with van der Waals surface area (Å²) in [6, 6.07) is 18.0. The zero-order valence-corrected chi connectivity index (χ0v) is 19.0. The van der Waals surface area contributed by atoms with E-state index in [-0.39, 0.29) is 0 Å². The van der Waals surface area contributed by atoms with Crippen molar-refractivity contribution in [2.45, 2.75) is 13.0 Å². The minimum atomic E-state index is 0.507. The molecule has 0 atom stereocenters. The Kier molecular flexibility index (Phi) is 10.3. The molecule has 33 heavy (non-hydrogen) atoms. The largest absolute Gasteiger partial charge is 0.497 e. The maximum Gasteiger partial charge on any atom is 0.228 e. The molecule has 0 bridgehead atoms. The average Bonchev–Trinajstić information content (AvgIpc) is 2.85. The van der Waals surface area contributed by atoms with Crippen LogP contribution in [-0.4, -0.2) is 61.6 Å². The normalized spacial score (nSPS) is 10.7. The van der Waals surface area contributed by atoms with Crippen LogP contribution in [0.4, 0.5) is 11.9 Å². The second-order valence-corrected chi connectivity index (χ2v) is 7.21. The van der Waals surface area contributed by atoms with E-state index in [2.05, 4.69) is 37.7 Å². The van der Waals surface area contributed by atoms with Gasteiger partial charge in [0.2, 0.25) is 11.9 Å². The number of rotatable bonds is 15. The van der Waals surface area contributed by atoms with Gasteiger partial charge in [-0.25, -0.2) is 0 Å². The van der Waals surface area contributed by atoms with Crippen LogP contribution < -0.4 is 21.1 Å². The Balaban J connectivity index is 1.60. The minimum absolute atomic E-state index is 0.507. The topological polar surface area (TPSA) is 116 Å². The predicted octanol–water partition coefficient (Wildman–Crippen LogP) is 2.49. The van der Waals surface area contributed by atoms with Crippen molar-refractivity contribution < 1.29 is 14.2 Å². The first-order valence-corrected chi connectivity index (χ1v) is 11.0. The van der Waals surface area contributed by atoms with Crippen molar-refractivity contribution in [1.82, 2.24) is 15.0 Å². The van der Waals surface area contributed by atoms with Gasteiger partial charge in [-0.15, -0.1) is 0 Å². The molecule has 0 spiro atoms. The number of anilines is 2. The van der Waals surface area contributed by atoms with Crippen LogP contribution >= 0.6 is 0 Å². The third-order valence-electron chi connectivity index (χ3n) is 4.64. The third-order valence-corrected chi connectivity index (χ3v) is 4.64. The van der Waals surface area contributed by atoms with E-state index in [1.165, 1.54) is 0 Å². The number of nitrogens with two attached hydrogens (primary N) is 1. The zero-order chi connectivity index (χ0) is 23.1. The van der Waals surface area contributed by atoms with Gasteiger partial charge in [0.25, 0.3) is 0 Å². The van der Waals surface area contributed by atoms with E-state index in [1.807, 2.05) is 42.5 Å². The monoisotopic (exact) mass is 452 g/mol. The van der Waals surface area contributed by atoms with Gasteiger partial charge in [-0.05, 0) is 23.3 Å². The smallest absolute Gasteiger partial charge is 0.228 e. The van der Waals surface area contributed by atoms with E-state index in [9.17, 15) is 0 Å². The lowest BCUT2D eigenvalue weighted by molar-refractivity contribution is 0.0547. The van der Waals surface area contributed by atoms with E-state index >= 15 is 0 Å². The van der Waals surface area contributed by atoms with Crippen LogP contribution in [0.2, 0.25) is 0 Å². The number of nitrogens with one attached hydrogen (secondary N) is 2. The molecule has 0 amide bonds. The molecule has 1 heterocycles. The summed E-state index contributed by atoms with van der Waals surface area (Å²) >= 11 is 0. The molecule has 0 radical (unpaired) electrons. The highest BCUT2D eigenvalue weighted by Gasteiger charge is 2.08. The molecule has 0 unspecified atom stereocenters. The molecule has 0 aliphatic carbocycles. The van der Waals surface area contributed by atoms with Crippen molar-refractivity contribution in [1.29, 1.82) is 0 Å². The quantitative estimate of drug-likeness (QED) is 0.299. The molecule has 0 aliphatic heterocycles. The summed E-state index contributed by atoms with van der Waals surface area (Å²) in [5, 5.41) is 6.52. The Morgan fingerprint density at radius 2 is 1.52 bits per heavy atom. The summed E-state index contributed by atoms with van der Waals surface area (Å²) in [6.45, 7) is 3.76. The van der Waals surface area contributed by atoms with Gasteiger partial charge in [-0.3, -0.25) is 0 Å². The van der Waals surface area contributed by atoms with Crippen LogP contribution in [0, 0.1) is 0 Å². The fourth-order valence-electron chi connectivity index (χ4n) is 3.04. The van der Waals surface area contributed by atoms with Crippen LogP contribution in [0.5, 0.6) is 5.75 Å². The molecule has 9 nitrogen and oxygen atoms in total. The van der Waals surface area contributed by atoms with Gasteiger partial charge in [0.1, 0.15) is 11.6 Å². The van der Waals surface area contributed by atoms with Crippen molar-refractivity contribution >= 4 is 11.9 Å². The van der Waals surface area contributed by atoms with E-state index in [0.29, 0.717) is 70.2 Å².